The van der Waals surface area contributed by atoms with Crippen molar-refractivity contribution in [1.82, 2.24) is 0 Å². The van der Waals surface area contributed by atoms with Crippen molar-refractivity contribution in [3.05, 3.63) is 52.7 Å². The number of anilines is 1. The van der Waals surface area contributed by atoms with E-state index in [9.17, 15) is 9.59 Å². The summed E-state index contributed by atoms with van der Waals surface area (Å²) in [5.41, 5.74) is 0.670. The van der Waals surface area contributed by atoms with Crippen LogP contribution in [-0.2, 0) is 14.3 Å². The van der Waals surface area contributed by atoms with Crippen LogP contribution in [0.25, 0.3) is 0 Å². The van der Waals surface area contributed by atoms with E-state index in [1.165, 1.54) is 9.78 Å². The van der Waals surface area contributed by atoms with Crippen LogP contribution in [0.2, 0.25) is 0 Å². The third-order valence-electron chi connectivity index (χ3n) is 5.29. The average Bonchev–Trinajstić information content (AvgIpc) is 3.32. The van der Waals surface area contributed by atoms with Crippen LogP contribution in [-0.4, -0.2) is 24.0 Å². The third-order valence-corrected chi connectivity index (χ3v) is 6.29. The molecule has 116 valence electrons. The summed E-state index contributed by atoms with van der Waals surface area (Å²) in [6.45, 7) is 0. The molecule has 0 radical (unpaired) electrons. The molecule has 5 heteroatoms. The summed E-state index contributed by atoms with van der Waals surface area (Å²) in [5, 5.41) is 2.05. The Morgan fingerprint density at radius 1 is 1.00 bits per heavy atom. The molecule has 5 rings (SSSR count). The van der Waals surface area contributed by atoms with Crippen molar-refractivity contribution < 1.29 is 14.3 Å². The second kappa shape index (κ2) is 4.76. The zero-order valence-electron chi connectivity index (χ0n) is 12.3. The van der Waals surface area contributed by atoms with E-state index in [0.717, 1.165) is 6.42 Å². The Labute approximate surface area is 137 Å². The number of ether oxygens (including phenoxy) is 1. The van der Waals surface area contributed by atoms with Gasteiger partial charge in [0.2, 0.25) is 11.8 Å². The second-order valence-corrected chi connectivity index (χ2v) is 7.38. The van der Waals surface area contributed by atoms with E-state index in [1.54, 1.807) is 11.3 Å². The Balaban J connectivity index is 1.51. The van der Waals surface area contributed by atoms with E-state index in [4.69, 9.17) is 4.74 Å². The summed E-state index contributed by atoms with van der Waals surface area (Å²) in [6.07, 6.45) is 0.560. The van der Waals surface area contributed by atoms with Gasteiger partial charge in [0.25, 0.3) is 0 Å². The highest BCUT2D eigenvalue weighted by atomic mass is 32.1. The summed E-state index contributed by atoms with van der Waals surface area (Å²) >= 11 is 1.70. The van der Waals surface area contributed by atoms with E-state index in [-0.39, 0.29) is 41.8 Å². The van der Waals surface area contributed by atoms with Crippen molar-refractivity contribution in [3.8, 4) is 0 Å². The Bertz CT molecular complexity index is 773. The highest BCUT2D eigenvalue weighted by molar-refractivity contribution is 7.10. The Hall–Kier alpha value is -1.98. The summed E-state index contributed by atoms with van der Waals surface area (Å²) in [5.74, 6) is -0.575. The van der Waals surface area contributed by atoms with Crippen LogP contribution >= 0.6 is 11.3 Å². The Morgan fingerprint density at radius 2 is 1.78 bits per heavy atom. The molecule has 0 saturated carbocycles. The predicted molar refractivity (Wildman–Crippen MR) is 86.3 cm³/mol. The standard InChI is InChI=1S/C18H15NO3S/c20-17-14-12-9-11(13-7-4-8-23-13)16(22-12)15(14)18(21)19(17)10-5-2-1-3-6-10/h1-8,11-12,14-16H,9H2/t11-,12-,14-,15-,16+/m0/s1. The smallest absolute Gasteiger partial charge is 0.240 e. The first kappa shape index (κ1) is 13.5. The van der Waals surface area contributed by atoms with Crippen molar-refractivity contribution >= 4 is 28.8 Å². The number of imide groups is 1. The lowest BCUT2D eigenvalue weighted by Crippen LogP contribution is -2.35. The largest absolute Gasteiger partial charge is 0.373 e. The maximum atomic E-state index is 12.9. The van der Waals surface area contributed by atoms with Crippen LogP contribution in [0, 0.1) is 11.8 Å². The van der Waals surface area contributed by atoms with Gasteiger partial charge in [-0.2, -0.15) is 0 Å². The first-order valence-corrected chi connectivity index (χ1v) is 8.75. The fourth-order valence-corrected chi connectivity index (χ4v) is 5.24. The van der Waals surface area contributed by atoms with Gasteiger partial charge in [-0.25, -0.2) is 4.90 Å². The molecule has 0 aliphatic carbocycles. The van der Waals surface area contributed by atoms with Crippen molar-refractivity contribution in [2.24, 2.45) is 11.8 Å². The van der Waals surface area contributed by atoms with Crippen LogP contribution in [0.1, 0.15) is 17.2 Å². The van der Waals surface area contributed by atoms with Gasteiger partial charge in [-0.05, 0) is 30.0 Å². The number of rotatable bonds is 2. The molecule has 2 bridgehead atoms. The monoisotopic (exact) mass is 325 g/mol. The maximum Gasteiger partial charge on any atom is 0.240 e. The topological polar surface area (TPSA) is 46.6 Å². The molecule has 3 fully saturated rings. The molecule has 1 aromatic carbocycles. The number of carbonyl (C=O) groups is 2. The van der Waals surface area contributed by atoms with Crippen molar-refractivity contribution in [2.45, 2.75) is 24.5 Å². The number of hydrogen-bond donors (Lipinski definition) is 0. The van der Waals surface area contributed by atoms with Crippen LogP contribution < -0.4 is 4.90 Å². The Morgan fingerprint density at radius 3 is 2.52 bits per heavy atom. The number of benzene rings is 1. The van der Waals surface area contributed by atoms with Crippen LogP contribution in [0.3, 0.4) is 0 Å². The summed E-state index contributed by atoms with van der Waals surface area (Å²) in [7, 11) is 0. The quantitative estimate of drug-likeness (QED) is 0.798. The number of para-hydroxylation sites is 1. The van der Waals surface area contributed by atoms with Crippen LogP contribution in [0.5, 0.6) is 0 Å². The molecule has 3 aliphatic rings. The van der Waals surface area contributed by atoms with Gasteiger partial charge in [0.05, 0.1) is 29.7 Å². The van der Waals surface area contributed by atoms with E-state index in [2.05, 4.69) is 11.4 Å². The number of fused-ring (bicyclic) bond motifs is 5. The molecule has 0 N–H and O–H groups in total. The van der Waals surface area contributed by atoms with Gasteiger partial charge in [-0.15, -0.1) is 11.3 Å². The number of nitrogens with zero attached hydrogens (tertiary/aromatic N) is 1. The van der Waals surface area contributed by atoms with Crippen molar-refractivity contribution in [2.75, 3.05) is 4.90 Å². The molecule has 2 amide bonds. The second-order valence-electron chi connectivity index (χ2n) is 6.40. The highest BCUT2D eigenvalue weighted by Gasteiger charge is 2.65. The zero-order chi connectivity index (χ0) is 15.6. The van der Waals surface area contributed by atoms with Gasteiger partial charge in [-0.1, -0.05) is 24.3 Å². The minimum absolute atomic E-state index is 0.0941. The zero-order valence-corrected chi connectivity index (χ0v) is 13.1. The lowest BCUT2D eigenvalue weighted by molar-refractivity contribution is -0.124. The van der Waals surface area contributed by atoms with E-state index in [1.807, 2.05) is 36.4 Å². The van der Waals surface area contributed by atoms with E-state index in [0.29, 0.717) is 5.69 Å². The summed E-state index contributed by atoms with van der Waals surface area (Å²) in [4.78, 5) is 28.4. The maximum absolute atomic E-state index is 12.9. The van der Waals surface area contributed by atoms with E-state index >= 15 is 0 Å². The number of carbonyl (C=O) groups excluding carboxylic acids is 2. The summed E-state index contributed by atoms with van der Waals surface area (Å²) in [6, 6.07) is 13.3. The van der Waals surface area contributed by atoms with Gasteiger partial charge in [0.1, 0.15) is 0 Å². The molecule has 4 heterocycles. The first-order chi connectivity index (χ1) is 11.3. The average molecular weight is 325 g/mol. The van der Waals surface area contributed by atoms with Gasteiger partial charge < -0.3 is 4.74 Å². The fraction of sp³-hybridized carbons (Fsp3) is 0.333. The molecule has 23 heavy (non-hydrogen) atoms. The molecule has 1 aromatic heterocycles. The third kappa shape index (κ3) is 1.75. The summed E-state index contributed by atoms with van der Waals surface area (Å²) < 4.78 is 6.04. The van der Waals surface area contributed by atoms with Crippen molar-refractivity contribution in [1.29, 1.82) is 0 Å². The number of amides is 2. The van der Waals surface area contributed by atoms with Crippen molar-refractivity contribution in [3.63, 3.8) is 0 Å². The number of hydrogen-bond acceptors (Lipinski definition) is 4. The van der Waals surface area contributed by atoms with Gasteiger partial charge in [-0.3, -0.25) is 9.59 Å². The molecule has 0 spiro atoms. The van der Waals surface area contributed by atoms with Gasteiger partial charge in [0, 0.05) is 10.8 Å². The molecule has 4 nitrogen and oxygen atoms in total. The molecular formula is C18H15NO3S. The molecule has 0 unspecified atom stereocenters. The predicted octanol–water partition coefficient (Wildman–Crippen LogP) is 2.81. The molecule has 3 saturated heterocycles. The lowest BCUT2D eigenvalue weighted by Gasteiger charge is -2.24. The molecule has 2 aromatic rings. The van der Waals surface area contributed by atoms with Gasteiger partial charge >= 0.3 is 0 Å². The SMILES string of the molecule is O=C1[C@@H]2[C@@H]3O[C@@H](C[C@H]3c3cccs3)[C@@H]2C(=O)N1c1ccccc1. The van der Waals surface area contributed by atoms with Crippen LogP contribution in [0.15, 0.2) is 47.8 Å². The lowest BCUT2D eigenvalue weighted by atomic mass is 9.75. The number of thiophene rings is 1. The molecular weight excluding hydrogens is 310 g/mol. The Kier molecular flexibility index (Phi) is 2.78. The minimum Gasteiger partial charge on any atom is -0.373 e. The van der Waals surface area contributed by atoms with Crippen LogP contribution in [0.4, 0.5) is 5.69 Å². The van der Waals surface area contributed by atoms with E-state index < -0.39 is 0 Å². The minimum atomic E-state index is -0.325. The molecule has 3 aliphatic heterocycles. The first-order valence-electron chi connectivity index (χ1n) is 7.87. The fourth-order valence-electron chi connectivity index (χ4n) is 4.36. The molecule has 5 atom stereocenters. The van der Waals surface area contributed by atoms with Gasteiger partial charge in [0.15, 0.2) is 0 Å². The normalized spacial score (nSPS) is 35.1. The highest BCUT2D eigenvalue weighted by Crippen LogP contribution is 2.55.